The van der Waals surface area contributed by atoms with E-state index in [0.29, 0.717) is 35.3 Å². The van der Waals surface area contributed by atoms with E-state index >= 15 is 0 Å². The Morgan fingerprint density at radius 1 is 1.11 bits per heavy atom. The Bertz CT molecular complexity index is 792. The zero-order valence-electron chi connectivity index (χ0n) is 16.5. The Morgan fingerprint density at radius 2 is 1.86 bits per heavy atom. The average molecular weight is 386 g/mol. The maximum atomic E-state index is 12.7. The summed E-state index contributed by atoms with van der Waals surface area (Å²) < 4.78 is 16.0. The highest BCUT2D eigenvalue weighted by Gasteiger charge is 2.23. The summed E-state index contributed by atoms with van der Waals surface area (Å²) in [7, 11) is 4.58. The van der Waals surface area contributed by atoms with Gasteiger partial charge < -0.3 is 24.4 Å². The van der Waals surface area contributed by atoms with E-state index in [0.717, 1.165) is 31.7 Å². The van der Waals surface area contributed by atoms with Gasteiger partial charge in [-0.15, -0.1) is 0 Å². The molecule has 8 nitrogen and oxygen atoms in total. The van der Waals surface area contributed by atoms with Crippen molar-refractivity contribution in [1.82, 2.24) is 15.3 Å². The van der Waals surface area contributed by atoms with Gasteiger partial charge in [-0.2, -0.15) is 0 Å². The van der Waals surface area contributed by atoms with Crippen LogP contribution in [0.2, 0.25) is 0 Å². The maximum absolute atomic E-state index is 12.7. The topological polar surface area (TPSA) is 85.8 Å². The predicted molar refractivity (Wildman–Crippen MR) is 105 cm³/mol. The van der Waals surface area contributed by atoms with Crippen LogP contribution in [0.15, 0.2) is 30.7 Å². The van der Waals surface area contributed by atoms with Gasteiger partial charge in [0.15, 0.2) is 11.5 Å². The third kappa shape index (κ3) is 4.27. The molecule has 150 valence electrons. The van der Waals surface area contributed by atoms with Crippen LogP contribution in [0, 0.1) is 5.92 Å². The van der Waals surface area contributed by atoms with Crippen molar-refractivity contribution in [3.05, 3.63) is 36.3 Å². The van der Waals surface area contributed by atoms with Crippen molar-refractivity contribution in [2.24, 2.45) is 5.92 Å². The van der Waals surface area contributed by atoms with Crippen molar-refractivity contribution in [2.45, 2.75) is 12.8 Å². The number of carbonyl (C=O) groups is 1. The first kappa shape index (κ1) is 19.7. The Balaban J connectivity index is 1.58. The van der Waals surface area contributed by atoms with Crippen LogP contribution >= 0.6 is 0 Å². The van der Waals surface area contributed by atoms with Crippen molar-refractivity contribution < 1.29 is 19.0 Å². The molecule has 1 saturated heterocycles. The summed E-state index contributed by atoms with van der Waals surface area (Å²) in [4.78, 5) is 23.4. The van der Waals surface area contributed by atoms with Crippen LogP contribution in [0.3, 0.4) is 0 Å². The Labute approximate surface area is 164 Å². The maximum Gasteiger partial charge on any atom is 0.255 e. The fraction of sp³-hybridized carbons (Fsp3) is 0.450. The fourth-order valence-corrected chi connectivity index (χ4v) is 3.43. The molecule has 0 saturated carbocycles. The van der Waals surface area contributed by atoms with Gasteiger partial charge in [-0.3, -0.25) is 9.78 Å². The number of hydrogen-bond donors (Lipinski definition) is 1. The summed E-state index contributed by atoms with van der Waals surface area (Å²) >= 11 is 0. The van der Waals surface area contributed by atoms with Gasteiger partial charge in [-0.05, 0) is 30.9 Å². The largest absolute Gasteiger partial charge is 0.493 e. The molecule has 1 N–H and O–H groups in total. The third-order valence-electron chi connectivity index (χ3n) is 4.99. The van der Waals surface area contributed by atoms with Crippen molar-refractivity contribution in [2.75, 3.05) is 45.9 Å². The first-order chi connectivity index (χ1) is 13.7. The Hall–Kier alpha value is -3.03. The lowest BCUT2D eigenvalue weighted by Crippen LogP contribution is -2.39. The molecule has 1 aromatic carbocycles. The number of anilines is 1. The van der Waals surface area contributed by atoms with E-state index in [1.165, 1.54) is 14.2 Å². The lowest BCUT2D eigenvalue weighted by Gasteiger charge is -2.32. The average Bonchev–Trinajstić information content (AvgIpc) is 2.77. The van der Waals surface area contributed by atoms with E-state index in [4.69, 9.17) is 14.2 Å². The second-order valence-electron chi connectivity index (χ2n) is 6.59. The summed E-state index contributed by atoms with van der Waals surface area (Å²) in [6.45, 7) is 2.42. The molecule has 0 aliphatic carbocycles. The van der Waals surface area contributed by atoms with Gasteiger partial charge in [0, 0.05) is 32.0 Å². The highest BCUT2D eigenvalue weighted by Crippen LogP contribution is 2.39. The molecule has 8 heteroatoms. The van der Waals surface area contributed by atoms with E-state index in [1.807, 2.05) is 0 Å². The smallest absolute Gasteiger partial charge is 0.255 e. The first-order valence-corrected chi connectivity index (χ1v) is 9.26. The van der Waals surface area contributed by atoms with Gasteiger partial charge in [-0.25, -0.2) is 4.98 Å². The lowest BCUT2D eigenvalue weighted by atomic mass is 9.96. The van der Waals surface area contributed by atoms with Gasteiger partial charge in [0.2, 0.25) is 5.75 Å². The number of aromatic nitrogens is 2. The normalized spacial score (nSPS) is 14.5. The summed E-state index contributed by atoms with van der Waals surface area (Å²) in [6, 6.07) is 3.39. The van der Waals surface area contributed by atoms with E-state index < -0.39 is 0 Å². The Morgan fingerprint density at radius 3 is 2.46 bits per heavy atom. The van der Waals surface area contributed by atoms with Gasteiger partial charge in [0.25, 0.3) is 5.91 Å². The number of piperidine rings is 1. The van der Waals surface area contributed by atoms with Gasteiger partial charge in [0.05, 0.1) is 33.1 Å². The number of rotatable bonds is 7. The zero-order valence-corrected chi connectivity index (χ0v) is 16.5. The van der Waals surface area contributed by atoms with E-state index in [2.05, 4.69) is 20.2 Å². The number of nitrogens with one attached hydrogen (secondary N) is 1. The molecule has 3 rings (SSSR count). The number of ether oxygens (including phenoxy) is 3. The molecule has 2 heterocycles. The molecule has 2 aromatic rings. The van der Waals surface area contributed by atoms with E-state index in [9.17, 15) is 4.79 Å². The number of benzene rings is 1. The minimum absolute atomic E-state index is 0.186. The van der Waals surface area contributed by atoms with Crippen LogP contribution in [0.25, 0.3) is 0 Å². The number of nitrogens with zero attached hydrogens (tertiary/aromatic N) is 3. The number of amides is 1. The molecule has 1 fully saturated rings. The highest BCUT2D eigenvalue weighted by molar-refractivity contribution is 5.98. The summed E-state index contributed by atoms with van der Waals surface area (Å²) in [5, 5.41) is 3.02. The highest BCUT2D eigenvalue weighted by atomic mass is 16.5. The molecule has 1 amide bonds. The SMILES string of the molecule is COc1ccc(C(=O)NCC2CCN(c3cnccn3)CC2)c(OC)c1OC. The summed E-state index contributed by atoms with van der Waals surface area (Å²) in [5.74, 6) is 2.44. The predicted octanol–water partition coefficient (Wildman–Crippen LogP) is 2.15. The molecule has 0 bridgehead atoms. The van der Waals surface area contributed by atoms with E-state index in [-0.39, 0.29) is 5.91 Å². The quantitative estimate of drug-likeness (QED) is 0.780. The van der Waals surface area contributed by atoms with Crippen LogP contribution in [-0.4, -0.2) is 56.8 Å². The second-order valence-corrected chi connectivity index (χ2v) is 6.59. The van der Waals surface area contributed by atoms with Crippen molar-refractivity contribution in [3.63, 3.8) is 0 Å². The van der Waals surface area contributed by atoms with Crippen molar-refractivity contribution in [3.8, 4) is 17.2 Å². The molecular formula is C20H26N4O4. The van der Waals surface area contributed by atoms with Crippen LogP contribution in [0.4, 0.5) is 5.82 Å². The Kier molecular flexibility index (Phi) is 6.52. The second kappa shape index (κ2) is 9.25. The first-order valence-electron chi connectivity index (χ1n) is 9.26. The van der Waals surface area contributed by atoms with Crippen molar-refractivity contribution >= 4 is 11.7 Å². The molecule has 1 aliphatic heterocycles. The van der Waals surface area contributed by atoms with Crippen LogP contribution in [-0.2, 0) is 0 Å². The molecule has 1 aromatic heterocycles. The number of carbonyl (C=O) groups excluding carboxylic acids is 1. The van der Waals surface area contributed by atoms with Crippen LogP contribution in [0.5, 0.6) is 17.2 Å². The zero-order chi connectivity index (χ0) is 19.9. The van der Waals surface area contributed by atoms with Gasteiger partial charge in [-0.1, -0.05) is 0 Å². The van der Waals surface area contributed by atoms with Gasteiger partial charge in [0.1, 0.15) is 5.82 Å². The van der Waals surface area contributed by atoms with Crippen LogP contribution < -0.4 is 24.4 Å². The molecule has 0 radical (unpaired) electrons. The standard InChI is InChI=1S/C20H26N4O4/c1-26-16-5-4-15(18(27-2)19(16)28-3)20(25)23-12-14-6-10-24(11-7-14)17-13-21-8-9-22-17/h4-5,8-9,13-14H,6-7,10-12H2,1-3H3,(H,23,25). The minimum Gasteiger partial charge on any atom is -0.493 e. The molecule has 0 atom stereocenters. The minimum atomic E-state index is -0.186. The van der Waals surface area contributed by atoms with Gasteiger partial charge >= 0.3 is 0 Å². The molecule has 0 spiro atoms. The van der Waals surface area contributed by atoms with E-state index in [1.54, 1.807) is 37.8 Å². The third-order valence-corrected chi connectivity index (χ3v) is 4.99. The summed E-state index contributed by atoms with van der Waals surface area (Å²) in [5.41, 5.74) is 0.428. The monoisotopic (exact) mass is 386 g/mol. The molecular weight excluding hydrogens is 360 g/mol. The van der Waals surface area contributed by atoms with Crippen LogP contribution in [0.1, 0.15) is 23.2 Å². The molecule has 0 unspecified atom stereocenters. The number of methoxy groups -OCH3 is 3. The molecule has 28 heavy (non-hydrogen) atoms. The number of hydrogen-bond acceptors (Lipinski definition) is 7. The molecule has 1 aliphatic rings. The lowest BCUT2D eigenvalue weighted by molar-refractivity contribution is 0.0941. The van der Waals surface area contributed by atoms with Crippen molar-refractivity contribution in [1.29, 1.82) is 0 Å². The summed E-state index contributed by atoms with van der Waals surface area (Å²) in [6.07, 6.45) is 7.14. The fourth-order valence-electron chi connectivity index (χ4n) is 3.43.